The van der Waals surface area contributed by atoms with Crippen LogP contribution in [0.25, 0.3) is 6.08 Å². The topological polar surface area (TPSA) is 80.3 Å². The van der Waals surface area contributed by atoms with E-state index in [1.165, 1.54) is 6.08 Å². The highest BCUT2D eigenvalue weighted by Gasteiger charge is 2.12. The van der Waals surface area contributed by atoms with Gasteiger partial charge in [-0.15, -0.1) is 0 Å². The van der Waals surface area contributed by atoms with Crippen molar-refractivity contribution in [3.8, 4) is 5.75 Å². The van der Waals surface area contributed by atoms with Gasteiger partial charge in [0.05, 0.1) is 30.2 Å². The predicted molar refractivity (Wildman–Crippen MR) is 109 cm³/mol. The van der Waals surface area contributed by atoms with Gasteiger partial charge in [0.2, 0.25) is 5.91 Å². The van der Waals surface area contributed by atoms with Crippen molar-refractivity contribution in [3.05, 3.63) is 90.3 Å². The van der Waals surface area contributed by atoms with Crippen LogP contribution in [0.15, 0.2) is 79.1 Å². The van der Waals surface area contributed by atoms with Crippen LogP contribution in [0.5, 0.6) is 5.75 Å². The first-order chi connectivity index (χ1) is 13.7. The van der Waals surface area contributed by atoms with Gasteiger partial charge in [-0.2, -0.15) is 0 Å². The third-order valence-corrected chi connectivity index (χ3v) is 3.89. The molecule has 0 aliphatic carbocycles. The van der Waals surface area contributed by atoms with E-state index in [-0.39, 0.29) is 11.8 Å². The second-order valence-electron chi connectivity index (χ2n) is 5.84. The summed E-state index contributed by atoms with van der Waals surface area (Å²) in [5, 5.41) is 5.50. The lowest BCUT2D eigenvalue weighted by molar-refractivity contribution is -0.111. The number of hydrogen-bond donors (Lipinski definition) is 2. The molecular weight excluding hydrogens is 354 g/mol. The molecule has 0 saturated heterocycles. The number of methoxy groups -OCH3 is 1. The highest BCUT2D eigenvalue weighted by molar-refractivity contribution is 6.11. The number of nitrogens with one attached hydrogen (secondary N) is 2. The lowest BCUT2D eigenvalue weighted by atomic mass is 10.1. The lowest BCUT2D eigenvalue weighted by Crippen LogP contribution is -2.17. The van der Waals surface area contributed by atoms with E-state index in [9.17, 15) is 9.59 Å². The minimum atomic E-state index is -0.336. The zero-order chi connectivity index (χ0) is 19.8. The Morgan fingerprint density at radius 3 is 2.46 bits per heavy atom. The number of hydrogen-bond acceptors (Lipinski definition) is 4. The average molecular weight is 373 g/mol. The van der Waals surface area contributed by atoms with E-state index in [2.05, 4.69) is 15.6 Å². The summed E-state index contributed by atoms with van der Waals surface area (Å²) in [4.78, 5) is 28.8. The number of aromatic nitrogens is 1. The third-order valence-electron chi connectivity index (χ3n) is 3.89. The Kier molecular flexibility index (Phi) is 6.15. The predicted octanol–water partition coefficient (Wildman–Crippen LogP) is 3.99. The Morgan fingerprint density at radius 1 is 0.964 bits per heavy atom. The van der Waals surface area contributed by atoms with E-state index in [0.717, 1.165) is 11.3 Å². The maximum atomic E-state index is 12.5. The van der Waals surface area contributed by atoms with Gasteiger partial charge in [0, 0.05) is 12.3 Å². The molecular formula is C22H19N3O3. The first-order valence-corrected chi connectivity index (χ1v) is 8.59. The molecule has 6 heteroatoms. The normalized spacial score (nSPS) is 10.5. The third kappa shape index (κ3) is 5.04. The van der Waals surface area contributed by atoms with Crippen molar-refractivity contribution < 1.29 is 14.3 Å². The van der Waals surface area contributed by atoms with Crippen molar-refractivity contribution >= 4 is 29.3 Å². The van der Waals surface area contributed by atoms with Gasteiger partial charge in [0.25, 0.3) is 5.91 Å². The molecule has 0 atom stereocenters. The minimum absolute atomic E-state index is 0.331. The van der Waals surface area contributed by atoms with Crippen LogP contribution in [0.1, 0.15) is 15.9 Å². The van der Waals surface area contributed by atoms with Crippen molar-refractivity contribution in [3.63, 3.8) is 0 Å². The summed E-state index contributed by atoms with van der Waals surface area (Å²) in [6.07, 6.45) is 6.28. The summed E-state index contributed by atoms with van der Waals surface area (Å²) >= 11 is 0. The van der Waals surface area contributed by atoms with Crippen LogP contribution in [-0.2, 0) is 4.79 Å². The Balaban J connectivity index is 1.69. The van der Waals surface area contributed by atoms with Gasteiger partial charge < -0.3 is 15.4 Å². The summed E-state index contributed by atoms with van der Waals surface area (Å²) in [6, 6.07) is 17.6. The molecule has 140 valence electrons. The summed E-state index contributed by atoms with van der Waals surface area (Å²) in [5.41, 5.74) is 2.22. The zero-order valence-corrected chi connectivity index (χ0v) is 15.3. The largest absolute Gasteiger partial charge is 0.497 e. The Bertz CT molecular complexity index is 983. The van der Waals surface area contributed by atoms with Crippen LogP contribution in [0.3, 0.4) is 0 Å². The molecule has 0 aliphatic heterocycles. The van der Waals surface area contributed by atoms with Gasteiger partial charge in [-0.3, -0.25) is 14.6 Å². The number of para-hydroxylation sites is 1. The monoisotopic (exact) mass is 373 g/mol. The molecule has 0 bridgehead atoms. The van der Waals surface area contributed by atoms with Crippen molar-refractivity contribution in [1.82, 2.24) is 4.98 Å². The Hall–Kier alpha value is -3.93. The van der Waals surface area contributed by atoms with E-state index in [1.54, 1.807) is 62.0 Å². The molecule has 0 radical (unpaired) electrons. The molecule has 6 nitrogen and oxygen atoms in total. The second-order valence-corrected chi connectivity index (χ2v) is 5.84. The van der Waals surface area contributed by atoms with E-state index < -0.39 is 0 Å². The molecule has 3 rings (SSSR count). The molecule has 1 heterocycles. The average Bonchev–Trinajstić information content (AvgIpc) is 2.73. The number of benzene rings is 2. The van der Waals surface area contributed by atoms with Crippen LogP contribution >= 0.6 is 0 Å². The number of nitrogens with zero attached hydrogens (tertiary/aromatic N) is 1. The summed E-state index contributed by atoms with van der Waals surface area (Å²) in [5.74, 6) is 0.0793. The minimum Gasteiger partial charge on any atom is -0.497 e. The van der Waals surface area contributed by atoms with Gasteiger partial charge in [0.15, 0.2) is 0 Å². The first kappa shape index (κ1) is 18.8. The maximum absolute atomic E-state index is 12.5. The lowest BCUT2D eigenvalue weighted by Gasteiger charge is -2.10. The molecule has 2 amide bonds. The van der Waals surface area contributed by atoms with Crippen LogP contribution < -0.4 is 15.4 Å². The van der Waals surface area contributed by atoms with E-state index >= 15 is 0 Å². The smallest absolute Gasteiger partial charge is 0.257 e. The molecule has 0 fully saturated rings. The highest BCUT2D eigenvalue weighted by Crippen LogP contribution is 2.18. The number of carbonyl (C=O) groups excluding carboxylic acids is 2. The molecule has 0 unspecified atom stereocenters. The van der Waals surface area contributed by atoms with Crippen LogP contribution in [0.2, 0.25) is 0 Å². The standard InChI is InChI=1S/C22H19N3O3/c1-28-18-11-8-16(9-12-18)10-13-21(26)25-20-7-3-2-6-19(20)22(27)24-17-5-4-14-23-15-17/h2-15H,1H3,(H,24,27)(H,25,26)/b13-10+. The van der Waals surface area contributed by atoms with Crippen molar-refractivity contribution in [2.45, 2.75) is 0 Å². The van der Waals surface area contributed by atoms with Gasteiger partial charge in [-0.1, -0.05) is 24.3 Å². The Labute approximate surface area is 162 Å². The highest BCUT2D eigenvalue weighted by atomic mass is 16.5. The second kappa shape index (κ2) is 9.14. The van der Waals surface area contributed by atoms with Crippen molar-refractivity contribution in [1.29, 1.82) is 0 Å². The summed E-state index contributed by atoms with van der Waals surface area (Å²) in [7, 11) is 1.60. The van der Waals surface area contributed by atoms with Crippen molar-refractivity contribution in [2.75, 3.05) is 17.7 Å². The molecule has 2 N–H and O–H groups in total. The molecule has 0 spiro atoms. The Morgan fingerprint density at radius 2 is 1.75 bits per heavy atom. The molecule has 3 aromatic rings. The first-order valence-electron chi connectivity index (χ1n) is 8.59. The van der Waals surface area contributed by atoms with Gasteiger partial charge >= 0.3 is 0 Å². The number of carbonyl (C=O) groups is 2. The van der Waals surface area contributed by atoms with E-state index in [1.807, 2.05) is 24.3 Å². The number of rotatable bonds is 6. The molecule has 28 heavy (non-hydrogen) atoms. The molecule has 2 aromatic carbocycles. The quantitative estimate of drug-likeness (QED) is 0.640. The number of anilines is 2. The van der Waals surface area contributed by atoms with Gasteiger partial charge in [0.1, 0.15) is 5.75 Å². The van der Waals surface area contributed by atoms with E-state index in [0.29, 0.717) is 16.9 Å². The zero-order valence-electron chi connectivity index (χ0n) is 15.3. The van der Waals surface area contributed by atoms with E-state index in [4.69, 9.17) is 4.74 Å². The van der Waals surface area contributed by atoms with Gasteiger partial charge in [-0.05, 0) is 48.0 Å². The van der Waals surface area contributed by atoms with Gasteiger partial charge in [-0.25, -0.2) is 0 Å². The molecule has 1 aromatic heterocycles. The number of amides is 2. The molecule has 0 aliphatic rings. The summed E-state index contributed by atoms with van der Waals surface area (Å²) < 4.78 is 5.11. The number of ether oxygens (including phenoxy) is 1. The van der Waals surface area contributed by atoms with Crippen LogP contribution in [0, 0.1) is 0 Å². The summed E-state index contributed by atoms with van der Waals surface area (Å²) in [6.45, 7) is 0. The SMILES string of the molecule is COc1ccc(/C=C/C(=O)Nc2ccccc2C(=O)Nc2cccnc2)cc1. The fourth-order valence-corrected chi connectivity index (χ4v) is 2.49. The van der Waals surface area contributed by atoms with Crippen LogP contribution in [0.4, 0.5) is 11.4 Å². The maximum Gasteiger partial charge on any atom is 0.257 e. The van der Waals surface area contributed by atoms with Crippen molar-refractivity contribution in [2.24, 2.45) is 0 Å². The fourth-order valence-electron chi connectivity index (χ4n) is 2.49. The fraction of sp³-hybridized carbons (Fsp3) is 0.0455. The molecule has 0 saturated carbocycles. The van der Waals surface area contributed by atoms with Crippen LogP contribution in [-0.4, -0.2) is 23.9 Å². The number of pyridine rings is 1.